The molecular weight excluding hydrogens is 288 g/mol. The van der Waals surface area contributed by atoms with Gasteiger partial charge in [0.15, 0.2) is 0 Å². The topological polar surface area (TPSA) is 50.4 Å². The average molecular weight is 314 g/mol. The quantitative estimate of drug-likeness (QED) is 0.794. The highest BCUT2D eigenvalue weighted by Gasteiger charge is 2.18. The molecule has 1 amide bonds. The summed E-state index contributed by atoms with van der Waals surface area (Å²) in [5.74, 6) is 0. The van der Waals surface area contributed by atoms with Crippen molar-refractivity contribution in [3.05, 3.63) is 48.1 Å². The van der Waals surface area contributed by atoms with E-state index in [2.05, 4.69) is 23.6 Å². The van der Waals surface area contributed by atoms with Crippen molar-refractivity contribution in [3.8, 4) is 0 Å². The number of carbonyl (C=O) groups is 1. The lowest BCUT2D eigenvalue weighted by Gasteiger charge is -2.23. The number of piperidine rings is 1. The van der Waals surface area contributed by atoms with Gasteiger partial charge in [-0.25, -0.2) is 4.79 Å². The summed E-state index contributed by atoms with van der Waals surface area (Å²) in [6, 6.07) is 7.85. The summed E-state index contributed by atoms with van der Waals surface area (Å²) in [6.45, 7) is 5.91. The van der Waals surface area contributed by atoms with E-state index in [4.69, 9.17) is 4.74 Å². The summed E-state index contributed by atoms with van der Waals surface area (Å²) in [5.41, 5.74) is 3.01. The van der Waals surface area contributed by atoms with Gasteiger partial charge in [-0.3, -0.25) is 5.32 Å². The van der Waals surface area contributed by atoms with Crippen molar-refractivity contribution >= 4 is 17.4 Å². The SMILES string of the molecule is C/C=C\C=C(/CC)c1ccccc1NC(=O)OC1CCNCC1. The first-order chi connectivity index (χ1) is 11.2. The van der Waals surface area contributed by atoms with E-state index in [1.807, 2.05) is 43.3 Å². The number of hydrogen-bond donors (Lipinski definition) is 2. The monoisotopic (exact) mass is 314 g/mol. The van der Waals surface area contributed by atoms with Crippen LogP contribution in [0.1, 0.15) is 38.7 Å². The molecule has 0 radical (unpaired) electrons. The number of benzene rings is 1. The predicted molar refractivity (Wildman–Crippen MR) is 95.5 cm³/mol. The zero-order chi connectivity index (χ0) is 16.5. The van der Waals surface area contributed by atoms with Crippen LogP contribution in [-0.4, -0.2) is 25.3 Å². The minimum absolute atomic E-state index is 0.00706. The van der Waals surface area contributed by atoms with Gasteiger partial charge in [-0.2, -0.15) is 0 Å². The van der Waals surface area contributed by atoms with Crippen LogP contribution in [-0.2, 0) is 4.74 Å². The van der Waals surface area contributed by atoms with Gasteiger partial charge in [0.2, 0.25) is 0 Å². The Balaban J connectivity index is 2.08. The molecule has 2 rings (SSSR count). The summed E-state index contributed by atoms with van der Waals surface area (Å²) in [4.78, 5) is 12.2. The Morgan fingerprint density at radius 3 is 2.78 bits per heavy atom. The van der Waals surface area contributed by atoms with Crippen molar-refractivity contribution in [2.24, 2.45) is 0 Å². The standard InChI is InChI=1S/C19H26N2O2/c1-3-5-8-15(4-2)17-9-6-7-10-18(17)21-19(22)23-16-11-13-20-14-12-16/h3,5-10,16,20H,4,11-14H2,1-2H3,(H,21,22)/b5-3-,15-8+. The minimum atomic E-state index is -0.370. The highest BCUT2D eigenvalue weighted by molar-refractivity contribution is 5.90. The van der Waals surface area contributed by atoms with Gasteiger partial charge >= 0.3 is 6.09 Å². The van der Waals surface area contributed by atoms with E-state index in [0.29, 0.717) is 0 Å². The minimum Gasteiger partial charge on any atom is -0.446 e. The van der Waals surface area contributed by atoms with Gasteiger partial charge in [0.1, 0.15) is 6.10 Å². The third-order valence-electron chi connectivity index (χ3n) is 3.94. The fourth-order valence-electron chi connectivity index (χ4n) is 2.69. The van der Waals surface area contributed by atoms with Gasteiger partial charge in [-0.05, 0) is 50.9 Å². The molecule has 0 saturated carbocycles. The number of carbonyl (C=O) groups excluding carboxylic acids is 1. The highest BCUT2D eigenvalue weighted by Crippen LogP contribution is 2.26. The normalized spacial score (nSPS) is 16.5. The zero-order valence-electron chi connectivity index (χ0n) is 14.0. The van der Waals surface area contributed by atoms with E-state index in [9.17, 15) is 4.79 Å². The second-order valence-electron chi connectivity index (χ2n) is 5.60. The molecule has 1 aliphatic heterocycles. The summed E-state index contributed by atoms with van der Waals surface area (Å²) in [6.07, 6.45) is 8.37. The maximum atomic E-state index is 12.2. The molecule has 1 heterocycles. The molecule has 0 bridgehead atoms. The number of hydrogen-bond acceptors (Lipinski definition) is 3. The first-order valence-corrected chi connectivity index (χ1v) is 8.34. The van der Waals surface area contributed by atoms with Crippen molar-refractivity contribution in [1.29, 1.82) is 0 Å². The second kappa shape index (κ2) is 9.16. The molecule has 0 spiro atoms. The molecule has 2 N–H and O–H groups in total. The summed E-state index contributed by atoms with van der Waals surface area (Å²) < 4.78 is 5.52. The fourth-order valence-corrected chi connectivity index (χ4v) is 2.69. The Bertz CT molecular complexity index is 572. The van der Waals surface area contributed by atoms with Crippen LogP contribution in [0.5, 0.6) is 0 Å². The van der Waals surface area contributed by atoms with Crippen LogP contribution in [0.25, 0.3) is 5.57 Å². The van der Waals surface area contributed by atoms with E-state index in [1.54, 1.807) is 0 Å². The third kappa shape index (κ3) is 5.25. The van der Waals surface area contributed by atoms with Crippen LogP contribution < -0.4 is 10.6 Å². The van der Waals surface area contributed by atoms with E-state index in [-0.39, 0.29) is 12.2 Å². The summed E-state index contributed by atoms with van der Waals surface area (Å²) in [5, 5.41) is 6.17. The number of rotatable bonds is 5. The number of para-hydroxylation sites is 1. The molecular formula is C19H26N2O2. The Morgan fingerprint density at radius 1 is 1.35 bits per heavy atom. The lowest BCUT2D eigenvalue weighted by molar-refractivity contribution is 0.0909. The molecule has 23 heavy (non-hydrogen) atoms. The van der Waals surface area contributed by atoms with E-state index in [1.165, 1.54) is 5.57 Å². The van der Waals surface area contributed by atoms with Crippen LogP contribution in [0.2, 0.25) is 0 Å². The Kier molecular flexibility index (Phi) is 6.88. The predicted octanol–water partition coefficient (Wildman–Crippen LogP) is 4.36. The summed E-state index contributed by atoms with van der Waals surface area (Å²) >= 11 is 0. The van der Waals surface area contributed by atoms with Crippen LogP contribution >= 0.6 is 0 Å². The second-order valence-corrected chi connectivity index (χ2v) is 5.60. The maximum absolute atomic E-state index is 12.2. The van der Waals surface area contributed by atoms with Crippen LogP contribution in [0.4, 0.5) is 10.5 Å². The molecule has 0 atom stereocenters. The maximum Gasteiger partial charge on any atom is 0.411 e. The Hall–Kier alpha value is -2.07. The highest BCUT2D eigenvalue weighted by atomic mass is 16.6. The van der Waals surface area contributed by atoms with E-state index < -0.39 is 0 Å². The fraction of sp³-hybridized carbons (Fsp3) is 0.421. The van der Waals surface area contributed by atoms with Gasteiger partial charge in [0.25, 0.3) is 0 Å². The van der Waals surface area contributed by atoms with Crippen LogP contribution in [0, 0.1) is 0 Å². The molecule has 1 fully saturated rings. The number of ether oxygens (including phenoxy) is 1. The molecule has 0 aromatic heterocycles. The average Bonchev–Trinajstić information content (AvgIpc) is 2.57. The largest absolute Gasteiger partial charge is 0.446 e. The molecule has 0 aliphatic carbocycles. The van der Waals surface area contributed by atoms with E-state index >= 15 is 0 Å². The van der Waals surface area contributed by atoms with Crippen LogP contribution in [0.15, 0.2) is 42.5 Å². The molecule has 1 saturated heterocycles. The smallest absolute Gasteiger partial charge is 0.411 e. The number of nitrogens with one attached hydrogen (secondary N) is 2. The molecule has 4 heteroatoms. The van der Waals surface area contributed by atoms with Gasteiger partial charge < -0.3 is 10.1 Å². The molecule has 4 nitrogen and oxygen atoms in total. The lowest BCUT2D eigenvalue weighted by atomic mass is 10.0. The molecule has 0 unspecified atom stereocenters. The Labute approximate surface area is 138 Å². The first-order valence-electron chi connectivity index (χ1n) is 8.34. The van der Waals surface area contributed by atoms with E-state index in [0.717, 1.165) is 43.6 Å². The van der Waals surface area contributed by atoms with Crippen molar-refractivity contribution < 1.29 is 9.53 Å². The number of amides is 1. The van der Waals surface area contributed by atoms with Gasteiger partial charge in [0.05, 0.1) is 5.69 Å². The van der Waals surface area contributed by atoms with Crippen molar-refractivity contribution in [3.63, 3.8) is 0 Å². The Morgan fingerprint density at radius 2 is 2.09 bits per heavy atom. The van der Waals surface area contributed by atoms with Gasteiger partial charge in [-0.15, -0.1) is 0 Å². The number of allylic oxidation sites excluding steroid dienone is 4. The van der Waals surface area contributed by atoms with Crippen molar-refractivity contribution in [2.75, 3.05) is 18.4 Å². The van der Waals surface area contributed by atoms with Gasteiger partial charge in [0, 0.05) is 5.56 Å². The molecule has 1 aliphatic rings. The molecule has 124 valence electrons. The van der Waals surface area contributed by atoms with Crippen LogP contribution in [0.3, 0.4) is 0 Å². The molecule has 1 aromatic rings. The number of anilines is 1. The van der Waals surface area contributed by atoms with Crippen molar-refractivity contribution in [2.45, 2.75) is 39.2 Å². The third-order valence-corrected chi connectivity index (χ3v) is 3.94. The summed E-state index contributed by atoms with van der Waals surface area (Å²) in [7, 11) is 0. The van der Waals surface area contributed by atoms with Crippen molar-refractivity contribution in [1.82, 2.24) is 5.32 Å². The molecule has 1 aromatic carbocycles. The first kappa shape index (κ1) is 17.3. The van der Waals surface area contributed by atoms with Gasteiger partial charge in [-0.1, -0.05) is 43.4 Å². The zero-order valence-corrected chi connectivity index (χ0v) is 14.0. The lowest BCUT2D eigenvalue weighted by Crippen LogP contribution is -2.34.